The van der Waals surface area contributed by atoms with Gasteiger partial charge in [0, 0.05) is 19.5 Å². The van der Waals surface area contributed by atoms with E-state index in [0.717, 1.165) is 10.1 Å². The number of pyridine rings is 1. The molecule has 0 saturated carbocycles. The van der Waals surface area contributed by atoms with Crippen molar-refractivity contribution >= 4 is 33.5 Å². The van der Waals surface area contributed by atoms with Gasteiger partial charge in [-0.2, -0.15) is 0 Å². The second kappa shape index (κ2) is 4.18. The van der Waals surface area contributed by atoms with E-state index in [2.05, 4.69) is 4.98 Å². The third-order valence-electron chi connectivity index (χ3n) is 3.47. The predicted octanol–water partition coefficient (Wildman–Crippen LogP) is 1.75. The molecule has 0 aliphatic rings. The smallest absolute Gasteiger partial charge is 0.280 e. The summed E-state index contributed by atoms with van der Waals surface area (Å²) in [5.74, 6) is 0. The first kappa shape index (κ1) is 12.9. The highest BCUT2D eigenvalue weighted by Crippen LogP contribution is 2.28. The summed E-state index contributed by atoms with van der Waals surface area (Å²) in [7, 11) is 3.01. The highest BCUT2D eigenvalue weighted by molar-refractivity contribution is 6.40. The Labute approximate surface area is 119 Å². The number of benzene rings is 1. The maximum Gasteiger partial charge on any atom is 0.332 e. The third-order valence-corrected chi connectivity index (χ3v) is 3.86. The van der Waals surface area contributed by atoms with Crippen molar-refractivity contribution in [1.82, 2.24) is 14.1 Å². The van der Waals surface area contributed by atoms with Crippen molar-refractivity contribution in [3.05, 3.63) is 49.6 Å². The first-order valence-corrected chi connectivity index (χ1v) is 6.45. The number of nitrogens with zero attached hydrogens (tertiary/aromatic N) is 3. The highest BCUT2D eigenvalue weighted by atomic mass is 35.5. The van der Waals surface area contributed by atoms with E-state index in [1.54, 1.807) is 7.05 Å². The Morgan fingerprint density at radius 3 is 2.55 bits per heavy atom. The molecule has 3 rings (SSSR count). The van der Waals surface area contributed by atoms with Crippen LogP contribution in [0.4, 0.5) is 0 Å². The van der Waals surface area contributed by atoms with Gasteiger partial charge in [0.25, 0.3) is 5.56 Å². The fourth-order valence-electron chi connectivity index (χ4n) is 2.33. The fourth-order valence-corrected chi connectivity index (χ4v) is 2.65. The first-order valence-electron chi connectivity index (χ1n) is 6.07. The van der Waals surface area contributed by atoms with Gasteiger partial charge in [0.1, 0.15) is 5.39 Å². The maximum atomic E-state index is 12.3. The minimum Gasteiger partial charge on any atom is -0.280 e. The minimum atomic E-state index is -0.428. The Kier molecular flexibility index (Phi) is 2.69. The van der Waals surface area contributed by atoms with Crippen molar-refractivity contribution in [2.75, 3.05) is 0 Å². The lowest BCUT2D eigenvalue weighted by Crippen LogP contribution is -2.37. The fraction of sp³-hybridized carbons (Fsp3) is 0.214. The van der Waals surface area contributed by atoms with Crippen LogP contribution in [-0.2, 0) is 14.1 Å². The van der Waals surface area contributed by atoms with Crippen LogP contribution in [0.3, 0.4) is 0 Å². The normalized spacial score (nSPS) is 11.4. The quantitative estimate of drug-likeness (QED) is 0.593. The van der Waals surface area contributed by atoms with Crippen LogP contribution in [0.5, 0.6) is 0 Å². The van der Waals surface area contributed by atoms with Gasteiger partial charge in [-0.05, 0) is 18.6 Å². The van der Waals surface area contributed by atoms with Gasteiger partial charge in [-0.3, -0.25) is 13.9 Å². The molecule has 5 nitrogen and oxygen atoms in total. The lowest BCUT2D eigenvalue weighted by atomic mass is 10.1. The third kappa shape index (κ3) is 1.59. The first-order chi connectivity index (χ1) is 9.41. The standard InChI is InChI=1S/C14H12ClN3O2/c1-7-4-5-8-9(6-7)16-12-10(11(8)15)13(19)18(3)14(20)17(12)2/h4-6H,1-3H3. The van der Waals surface area contributed by atoms with E-state index in [1.165, 1.54) is 11.6 Å². The summed E-state index contributed by atoms with van der Waals surface area (Å²) in [6.45, 7) is 1.95. The van der Waals surface area contributed by atoms with E-state index in [-0.39, 0.29) is 5.39 Å². The molecule has 0 saturated heterocycles. The van der Waals surface area contributed by atoms with Crippen molar-refractivity contribution in [3.8, 4) is 0 Å². The van der Waals surface area contributed by atoms with Crippen LogP contribution >= 0.6 is 11.6 Å². The Hall–Kier alpha value is -2.14. The van der Waals surface area contributed by atoms with Crippen LogP contribution < -0.4 is 11.2 Å². The molecule has 0 unspecified atom stereocenters. The van der Waals surface area contributed by atoms with Gasteiger partial charge >= 0.3 is 5.69 Å². The Morgan fingerprint density at radius 1 is 1.15 bits per heavy atom. The van der Waals surface area contributed by atoms with E-state index in [1.807, 2.05) is 25.1 Å². The molecule has 0 amide bonds. The molecule has 2 heterocycles. The van der Waals surface area contributed by atoms with Crippen molar-refractivity contribution in [3.63, 3.8) is 0 Å². The zero-order valence-electron chi connectivity index (χ0n) is 11.3. The number of hydrogen-bond donors (Lipinski definition) is 0. The Morgan fingerprint density at radius 2 is 1.85 bits per heavy atom. The largest absolute Gasteiger partial charge is 0.332 e. The Balaban J connectivity index is 2.71. The zero-order valence-corrected chi connectivity index (χ0v) is 12.0. The number of fused-ring (bicyclic) bond motifs is 2. The molecule has 6 heteroatoms. The van der Waals surface area contributed by atoms with Gasteiger partial charge in [-0.25, -0.2) is 9.78 Å². The molecule has 20 heavy (non-hydrogen) atoms. The molecular formula is C14H12ClN3O2. The molecule has 0 radical (unpaired) electrons. The van der Waals surface area contributed by atoms with Crippen molar-refractivity contribution < 1.29 is 0 Å². The number of halogens is 1. The number of aryl methyl sites for hydroxylation is 2. The van der Waals surface area contributed by atoms with Crippen LogP contribution in [0, 0.1) is 6.92 Å². The summed E-state index contributed by atoms with van der Waals surface area (Å²) >= 11 is 6.36. The highest BCUT2D eigenvalue weighted by Gasteiger charge is 2.15. The molecule has 0 bridgehead atoms. The summed E-state index contributed by atoms with van der Waals surface area (Å²) < 4.78 is 2.38. The SMILES string of the molecule is Cc1ccc2c(Cl)c3c(=O)n(C)c(=O)n(C)c3nc2c1. The molecule has 0 aliphatic heterocycles. The molecule has 2 aromatic heterocycles. The zero-order chi connectivity index (χ0) is 14.6. The van der Waals surface area contributed by atoms with Gasteiger partial charge < -0.3 is 0 Å². The Bertz CT molecular complexity index is 986. The summed E-state index contributed by atoms with van der Waals surface area (Å²) in [6, 6.07) is 5.63. The predicted molar refractivity (Wildman–Crippen MR) is 79.5 cm³/mol. The molecule has 0 fully saturated rings. The van der Waals surface area contributed by atoms with E-state index < -0.39 is 11.2 Å². The average Bonchev–Trinajstić information content (AvgIpc) is 2.42. The monoisotopic (exact) mass is 289 g/mol. The summed E-state index contributed by atoms with van der Waals surface area (Å²) in [5, 5.41) is 1.31. The van der Waals surface area contributed by atoms with Crippen molar-refractivity contribution in [2.24, 2.45) is 14.1 Å². The second-order valence-electron chi connectivity index (χ2n) is 4.85. The number of hydrogen-bond acceptors (Lipinski definition) is 3. The van der Waals surface area contributed by atoms with Crippen LogP contribution in [0.1, 0.15) is 5.56 Å². The van der Waals surface area contributed by atoms with Crippen LogP contribution in [0.2, 0.25) is 5.02 Å². The molecule has 0 N–H and O–H groups in total. The van der Waals surface area contributed by atoms with E-state index in [4.69, 9.17) is 11.6 Å². The average molecular weight is 290 g/mol. The number of rotatable bonds is 0. The topological polar surface area (TPSA) is 56.9 Å². The van der Waals surface area contributed by atoms with Crippen LogP contribution in [0.15, 0.2) is 27.8 Å². The molecule has 0 aliphatic carbocycles. The maximum absolute atomic E-state index is 12.3. The lowest BCUT2D eigenvalue weighted by molar-refractivity contribution is 0.708. The van der Waals surface area contributed by atoms with Crippen molar-refractivity contribution in [2.45, 2.75) is 6.92 Å². The molecule has 0 atom stereocenters. The molecule has 0 spiro atoms. The van der Waals surface area contributed by atoms with Gasteiger partial charge in [-0.15, -0.1) is 0 Å². The molecular weight excluding hydrogens is 278 g/mol. The van der Waals surface area contributed by atoms with E-state index in [0.29, 0.717) is 21.6 Å². The molecule has 3 aromatic rings. The number of aromatic nitrogens is 3. The van der Waals surface area contributed by atoms with Gasteiger partial charge in [0.05, 0.1) is 10.5 Å². The second-order valence-corrected chi connectivity index (χ2v) is 5.23. The van der Waals surface area contributed by atoms with Gasteiger partial charge in [-0.1, -0.05) is 23.7 Å². The van der Waals surface area contributed by atoms with Crippen molar-refractivity contribution in [1.29, 1.82) is 0 Å². The lowest BCUT2D eigenvalue weighted by Gasteiger charge is -2.10. The molecule has 1 aromatic carbocycles. The summed E-state index contributed by atoms with van der Waals surface area (Å²) in [5.41, 5.74) is 1.17. The molecule has 102 valence electrons. The van der Waals surface area contributed by atoms with E-state index in [9.17, 15) is 9.59 Å². The van der Waals surface area contributed by atoms with Crippen LogP contribution in [-0.4, -0.2) is 14.1 Å². The summed E-state index contributed by atoms with van der Waals surface area (Å²) in [6.07, 6.45) is 0. The van der Waals surface area contributed by atoms with E-state index >= 15 is 0 Å². The van der Waals surface area contributed by atoms with Gasteiger partial charge in [0.15, 0.2) is 5.65 Å². The van der Waals surface area contributed by atoms with Gasteiger partial charge in [0.2, 0.25) is 0 Å². The minimum absolute atomic E-state index is 0.271. The summed E-state index contributed by atoms with van der Waals surface area (Å²) in [4.78, 5) is 28.6. The van der Waals surface area contributed by atoms with Crippen LogP contribution in [0.25, 0.3) is 21.9 Å².